The molecular formula is C21H23N5O2S. The van der Waals surface area contributed by atoms with E-state index in [1.165, 1.54) is 17.0 Å². The van der Waals surface area contributed by atoms with Gasteiger partial charge in [-0.25, -0.2) is 4.98 Å². The maximum absolute atomic E-state index is 12.4. The van der Waals surface area contributed by atoms with E-state index in [0.717, 1.165) is 42.6 Å². The maximum atomic E-state index is 12.4. The molecule has 0 radical (unpaired) electrons. The van der Waals surface area contributed by atoms with Gasteiger partial charge in [0.05, 0.1) is 7.11 Å². The third kappa shape index (κ3) is 4.65. The van der Waals surface area contributed by atoms with E-state index in [-0.39, 0.29) is 5.91 Å². The number of benzene rings is 1. The highest BCUT2D eigenvalue weighted by Gasteiger charge is 2.21. The SMILES string of the molecule is COc1cccc(N2CCN(c3nc(C(=O)NCc4cccnc4)cs3)CC2)c1. The number of rotatable bonds is 6. The number of thiazole rings is 1. The Morgan fingerprint density at radius 2 is 2.00 bits per heavy atom. The number of carbonyl (C=O) groups excluding carboxylic acids is 1. The molecule has 1 amide bonds. The van der Waals surface area contributed by atoms with Crippen LogP contribution in [-0.4, -0.2) is 49.2 Å². The van der Waals surface area contributed by atoms with Crippen molar-refractivity contribution in [3.63, 3.8) is 0 Å². The average molecular weight is 410 g/mol. The van der Waals surface area contributed by atoms with Crippen LogP contribution < -0.4 is 19.9 Å². The van der Waals surface area contributed by atoms with Crippen molar-refractivity contribution in [2.24, 2.45) is 0 Å². The molecule has 29 heavy (non-hydrogen) atoms. The molecule has 150 valence electrons. The first-order valence-electron chi connectivity index (χ1n) is 9.49. The van der Waals surface area contributed by atoms with Crippen molar-refractivity contribution in [3.05, 3.63) is 65.4 Å². The van der Waals surface area contributed by atoms with E-state index < -0.39 is 0 Å². The number of hydrogen-bond donors (Lipinski definition) is 1. The van der Waals surface area contributed by atoms with Gasteiger partial charge in [0.2, 0.25) is 0 Å². The van der Waals surface area contributed by atoms with E-state index in [9.17, 15) is 4.79 Å². The number of methoxy groups -OCH3 is 1. The number of amides is 1. The smallest absolute Gasteiger partial charge is 0.271 e. The molecular weight excluding hydrogens is 386 g/mol. The van der Waals surface area contributed by atoms with Gasteiger partial charge >= 0.3 is 0 Å². The average Bonchev–Trinajstić information content (AvgIpc) is 3.29. The van der Waals surface area contributed by atoms with Crippen LogP contribution in [-0.2, 0) is 6.54 Å². The number of carbonyl (C=O) groups is 1. The molecule has 1 fully saturated rings. The van der Waals surface area contributed by atoms with E-state index in [0.29, 0.717) is 12.2 Å². The van der Waals surface area contributed by atoms with E-state index in [2.05, 4.69) is 37.2 Å². The van der Waals surface area contributed by atoms with Crippen molar-refractivity contribution in [1.29, 1.82) is 0 Å². The highest BCUT2D eigenvalue weighted by atomic mass is 32.1. The molecule has 1 aliphatic heterocycles. The van der Waals surface area contributed by atoms with Crippen LogP contribution in [0.15, 0.2) is 54.2 Å². The van der Waals surface area contributed by atoms with Gasteiger partial charge in [0.1, 0.15) is 11.4 Å². The number of nitrogens with zero attached hydrogens (tertiary/aromatic N) is 4. The molecule has 0 bridgehead atoms. The van der Waals surface area contributed by atoms with Gasteiger partial charge in [-0.1, -0.05) is 12.1 Å². The second-order valence-electron chi connectivity index (χ2n) is 6.73. The summed E-state index contributed by atoms with van der Waals surface area (Å²) < 4.78 is 5.32. The fourth-order valence-corrected chi connectivity index (χ4v) is 4.11. The first kappa shape index (κ1) is 19.2. The molecule has 1 aromatic carbocycles. The highest BCUT2D eigenvalue weighted by molar-refractivity contribution is 7.13. The van der Waals surface area contributed by atoms with Crippen molar-refractivity contribution in [2.75, 3.05) is 43.1 Å². The molecule has 0 unspecified atom stereocenters. The minimum atomic E-state index is -0.161. The number of nitrogens with one attached hydrogen (secondary N) is 1. The molecule has 4 rings (SSSR count). The van der Waals surface area contributed by atoms with Crippen molar-refractivity contribution >= 4 is 28.1 Å². The Kier molecular flexibility index (Phi) is 5.90. The molecule has 0 aliphatic carbocycles. The minimum absolute atomic E-state index is 0.161. The largest absolute Gasteiger partial charge is 0.497 e. The minimum Gasteiger partial charge on any atom is -0.497 e. The second kappa shape index (κ2) is 8.91. The molecule has 0 saturated carbocycles. The Hall–Kier alpha value is -3.13. The van der Waals surface area contributed by atoms with Gasteiger partial charge in [-0.05, 0) is 23.8 Å². The highest BCUT2D eigenvalue weighted by Crippen LogP contribution is 2.25. The number of ether oxygens (including phenoxy) is 1. The van der Waals surface area contributed by atoms with Crippen molar-refractivity contribution in [3.8, 4) is 5.75 Å². The van der Waals surface area contributed by atoms with Crippen LogP contribution in [0.2, 0.25) is 0 Å². The molecule has 1 saturated heterocycles. The summed E-state index contributed by atoms with van der Waals surface area (Å²) in [7, 11) is 1.68. The Morgan fingerprint density at radius 3 is 2.76 bits per heavy atom. The fourth-order valence-electron chi connectivity index (χ4n) is 3.25. The Balaban J connectivity index is 1.32. The summed E-state index contributed by atoms with van der Waals surface area (Å²) in [6, 6.07) is 11.9. The van der Waals surface area contributed by atoms with Gasteiger partial charge in [0.25, 0.3) is 5.91 Å². The van der Waals surface area contributed by atoms with E-state index in [4.69, 9.17) is 4.74 Å². The maximum Gasteiger partial charge on any atom is 0.271 e. The van der Waals surface area contributed by atoms with Gasteiger partial charge in [-0.15, -0.1) is 11.3 Å². The molecule has 3 aromatic rings. The van der Waals surface area contributed by atoms with Crippen molar-refractivity contribution in [1.82, 2.24) is 15.3 Å². The molecule has 1 aliphatic rings. The summed E-state index contributed by atoms with van der Waals surface area (Å²) in [6.07, 6.45) is 3.46. The summed E-state index contributed by atoms with van der Waals surface area (Å²) in [5, 5.41) is 5.61. The summed E-state index contributed by atoms with van der Waals surface area (Å²) >= 11 is 1.51. The lowest BCUT2D eigenvalue weighted by atomic mass is 10.2. The topological polar surface area (TPSA) is 70.6 Å². The summed E-state index contributed by atoms with van der Waals surface area (Å²) in [5.41, 5.74) is 2.59. The third-order valence-electron chi connectivity index (χ3n) is 4.87. The lowest BCUT2D eigenvalue weighted by molar-refractivity contribution is 0.0946. The van der Waals surface area contributed by atoms with Crippen LogP contribution in [0.25, 0.3) is 0 Å². The molecule has 2 aromatic heterocycles. The van der Waals surface area contributed by atoms with Crippen LogP contribution in [0.3, 0.4) is 0 Å². The molecule has 7 nitrogen and oxygen atoms in total. The molecule has 3 heterocycles. The van der Waals surface area contributed by atoms with Gasteiger partial charge in [0.15, 0.2) is 5.13 Å². The first-order valence-corrected chi connectivity index (χ1v) is 10.4. The van der Waals surface area contributed by atoms with Crippen LogP contribution in [0.1, 0.15) is 16.1 Å². The Bertz CT molecular complexity index is 954. The second-order valence-corrected chi connectivity index (χ2v) is 7.57. The normalized spacial score (nSPS) is 14.0. The number of anilines is 2. The summed E-state index contributed by atoms with van der Waals surface area (Å²) in [5.74, 6) is 0.707. The van der Waals surface area contributed by atoms with Crippen LogP contribution in [0.4, 0.5) is 10.8 Å². The monoisotopic (exact) mass is 409 g/mol. The van der Waals surface area contributed by atoms with Gasteiger partial charge in [-0.3, -0.25) is 9.78 Å². The van der Waals surface area contributed by atoms with Crippen LogP contribution >= 0.6 is 11.3 Å². The number of piperazine rings is 1. The Morgan fingerprint density at radius 1 is 1.17 bits per heavy atom. The third-order valence-corrected chi connectivity index (χ3v) is 5.77. The first-order chi connectivity index (χ1) is 14.2. The van der Waals surface area contributed by atoms with Crippen molar-refractivity contribution < 1.29 is 9.53 Å². The molecule has 0 atom stereocenters. The van der Waals surface area contributed by atoms with Gasteiger partial charge in [0, 0.05) is 62.3 Å². The van der Waals surface area contributed by atoms with Gasteiger partial charge in [-0.2, -0.15) is 0 Å². The van der Waals surface area contributed by atoms with Crippen molar-refractivity contribution in [2.45, 2.75) is 6.54 Å². The fraction of sp³-hybridized carbons (Fsp3) is 0.286. The standard InChI is InChI=1S/C21H23N5O2S/c1-28-18-6-2-5-17(12-18)25-8-10-26(11-9-25)21-24-19(15-29-21)20(27)23-14-16-4-3-7-22-13-16/h2-7,12-13,15H,8-11,14H2,1H3,(H,23,27). The lowest BCUT2D eigenvalue weighted by Gasteiger charge is -2.36. The summed E-state index contributed by atoms with van der Waals surface area (Å²) in [6.45, 7) is 3.96. The molecule has 1 N–H and O–H groups in total. The quantitative estimate of drug-likeness (QED) is 0.675. The van der Waals surface area contributed by atoms with E-state index in [1.807, 2.05) is 29.6 Å². The lowest BCUT2D eigenvalue weighted by Crippen LogP contribution is -2.46. The van der Waals surface area contributed by atoms with E-state index in [1.54, 1.807) is 19.5 Å². The number of hydrogen-bond acceptors (Lipinski definition) is 7. The molecule has 8 heteroatoms. The zero-order valence-electron chi connectivity index (χ0n) is 16.2. The van der Waals surface area contributed by atoms with E-state index >= 15 is 0 Å². The predicted molar refractivity (Wildman–Crippen MR) is 115 cm³/mol. The number of pyridine rings is 1. The zero-order chi connectivity index (χ0) is 20.1. The number of aromatic nitrogens is 2. The summed E-state index contributed by atoms with van der Waals surface area (Å²) in [4.78, 5) is 25.6. The van der Waals surface area contributed by atoms with Crippen LogP contribution in [0.5, 0.6) is 5.75 Å². The molecule has 0 spiro atoms. The predicted octanol–water partition coefficient (Wildman–Crippen LogP) is 2.80. The Labute approximate surface area is 174 Å². The zero-order valence-corrected chi connectivity index (χ0v) is 17.1. The van der Waals surface area contributed by atoms with Gasteiger partial charge < -0.3 is 19.9 Å². The van der Waals surface area contributed by atoms with Crippen LogP contribution in [0, 0.1) is 0 Å².